The third-order valence-corrected chi connectivity index (χ3v) is 2.83. The van der Waals surface area contributed by atoms with Gasteiger partial charge in [-0.15, -0.1) is 0 Å². The van der Waals surface area contributed by atoms with Crippen molar-refractivity contribution in [2.75, 3.05) is 11.9 Å². The summed E-state index contributed by atoms with van der Waals surface area (Å²) in [5, 5.41) is 6.99. The predicted octanol–water partition coefficient (Wildman–Crippen LogP) is 0.940. The summed E-state index contributed by atoms with van der Waals surface area (Å²) in [5.41, 5.74) is 7.26. The van der Waals surface area contributed by atoms with E-state index in [1.807, 2.05) is 6.92 Å². The van der Waals surface area contributed by atoms with Crippen LogP contribution in [0.5, 0.6) is 0 Å². The standard InChI is InChI=1S/C15H17N5O/c1-3-11-10-13(20(2)19-11)15(21)18-14-8-4-6-12(17-14)7-5-9-16/h4,6,8,10H,3,9,16H2,1-2H3,(H,17,18,21). The third-order valence-electron chi connectivity index (χ3n) is 2.83. The number of carbonyl (C=O) groups excluding carboxylic acids is 1. The number of aryl methyl sites for hydroxylation is 2. The van der Waals surface area contributed by atoms with Gasteiger partial charge in [-0.2, -0.15) is 5.10 Å². The van der Waals surface area contributed by atoms with E-state index in [0.29, 0.717) is 17.2 Å². The second-order valence-corrected chi connectivity index (χ2v) is 4.37. The van der Waals surface area contributed by atoms with Crippen molar-refractivity contribution in [3.05, 3.63) is 41.3 Å². The molecule has 1 amide bonds. The number of nitrogens with two attached hydrogens (primary N) is 1. The molecule has 2 rings (SSSR count). The number of pyridine rings is 1. The molecule has 6 nitrogen and oxygen atoms in total. The first kappa shape index (κ1) is 14.8. The van der Waals surface area contributed by atoms with Crippen molar-refractivity contribution in [1.82, 2.24) is 14.8 Å². The number of amides is 1. The second-order valence-electron chi connectivity index (χ2n) is 4.37. The predicted molar refractivity (Wildman–Crippen MR) is 80.7 cm³/mol. The number of hydrogen-bond acceptors (Lipinski definition) is 4. The first-order chi connectivity index (χ1) is 10.1. The molecular weight excluding hydrogens is 266 g/mol. The maximum absolute atomic E-state index is 12.2. The van der Waals surface area contributed by atoms with Crippen LogP contribution in [0.25, 0.3) is 0 Å². The fraction of sp³-hybridized carbons (Fsp3) is 0.267. The molecule has 0 aromatic carbocycles. The molecule has 0 aliphatic heterocycles. The highest BCUT2D eigenvalue weighted by molar-refractivity contribution is 6.02. The lowest BCUT2D eigenvalue weighted by Gasteiger charge is -2.04. The smallest absolute Gasteiger partial charge is 0.275 e. The van der Waals surface area contributed by atoms with Crippen LogP contribution < -0.4 is 11.1 Å². The number of anilines is 1. The topological polar surface area (TPSA) is 85.8 Å². The van der Waals surface area contributed by atoms with Crippen molar-refractivity contribution in [2.24, 2.45) is 12.8 Å². The van der Waals surface area contributed by atoms with Crippen molar-refractivity contribution in [2.45, 2.75) is 13.3 Å². The fourth-order valence-corrected chi connectivity index (χ4v) is 1.81. The summed E-state index contributed by atoms with van der Waals surface area (Å²) >= 11 is 0. The van der Waals surface area contributed by atoms with Crippen LogP contribution in [0, 0.1) is 11.8 Å². The van der Waals surface area contributed by atoms with Crippen LogP contribution in [-0.2, 0) is 13.5 Å². The minimum absolute atomic E-state index is 0.249. The highest BCUT2D eigenvalue weighted by atomic mass is 16.2. The van der Waals surface area contributed by atoms with Crippen LogP contribution in [-0.4, -0.2) is 27.2 Å². The molecular formula is C15H17N5O. The zero-order valence-electron chi connectivity index (χ0n) is 12.1. The number of nitrogens with one attached hydrogen (secondary N) is 1. The summed E-state index contributed by atoms with van der Waals surface area (Å²) < 4.78 is 1.56. The summed E-state index contributed by atoms with van der Waals surface area (Å²) in [4.78, 5) is 16.5. The summed E-state index contributed by atoms with van der Waals surface area (Å²) in [7, 11) is 1.74. The molecule has 0 bridgehead atoms. The van der Waals surface area contributed by atoms with Gasteiger partial charge in [0.2, 0.25) is 0 Å². The Labute approximate surface area is 123 Å². The molecule has 108 valence electrons. The molecule has 0 spiro atoms. The second kappa shape index (κ2) is 6.68. The van der Waals surface area contributed by atoms with E-state index in [2.05, 4.69) is 27.2 Å². The SMILES string of the molecule is CCc1cc(C(=O)Nc2cccc(C#CCN)n2)n(C)n1. The van der Waals surface area contributed by atoms with Gasteiger partial charge in [-0.25, -0.2) is 4.98 Å². The number of aromatic nitrogens is 3. The monoisotopic (exact) mass is 283 g/mol. The Morgan fingerprint density at radius 1 is 1.48 bits per heavy atom. The Morgan fingerprint density at radius 2 is 2.29 bits per heavy atom. The van der Waals surface area contributed by atoms with E-state index in [0.717, 1.165) is 12.1 Å². The van der Waals surface area contributed by atoms with Crippen molar-refractivity contribution in [1.29, 1.82) is 0 Å². The van der Waals surface area contributed by atoms with Gasteiger partial charge in [0.15, 0.2) is 0 Å². The van der Waals surface area contributed by atoms with Gasteiger partial charge >= 0.3 is 0 Å². The molecule has 2 aromatic heterocycles. The molecule has 0 saturated heterocycles. The van der Waals surface area contributed by atoms with Gasteiger partial charge in [0, 0.05) is 7.05 Å². The normalized spacial score (nSPS) is 9.86. The molecule has 0 aliphatic rings. The minimum Gasteiger partial charge on any atom is -0.320 e. The average Bonchev–Trinajstić information content (AvgIpc) is 2.87. The summed E-state index contributed by atoms with van der Waals surface area (Å²) in [6.07, 6.45) is 0.781. The van der Waals surface area contributed by atoms with E-state index in [1.54, 1.807) is 36.0 Å². The van der Waals surface area contributed by atoms with Crippen LogP contribution >= 0.6 is 0 Å². The van der Waals surface area contributed by atoms with Gasteiger partial charge in [0.1, 0.15) is 17.2 Å². The largest absolute Gasteiger partial charge is 0.320 e. The lowest BCUT2D eigenvalue weighted by molar-refractivity contribution is 0.101. The van der Waals surface area contributed by atoms with Crippen molar-refractivity contribution < 1.29 is 4.79 Å². The fourth-order valence-electron chi connectivity index (χ4n) is 1.81. The molecule has 2 aromatic rings. The number of carbonyl (C=O) groups is 1. The van der Waals surface area contributed by atoms with Crippen LogP contribution in [0.1, 0.15) is 28.8 Å². The van der Waals surface area contributed by atoms with Crippen LogP contribution in [0.3, 0.4) is 0 Å². The summed E-state index contributed by atoms with van der Waals surface area (Å²) in [5.74, 6) is 5.75. The van der Waals surface area contributed by atoms with Crippen LogP contribution in [0.2, 0.25) is 0 Å². The van der Waals surface area contributed by atoms with E-state index in [9.17, 15) is 4.79 Å². The Hall–Kier alpha value is -2.65. The average molecular weight is 283 g/mol. The van der Waals surface area contributed by atoms with E-state index in [4.69, 9.17) is 5.73 Å². The molecule has 6 heteroatoms. The van der Waals surface area contributed by atoms with Crippen LogP contribution in [0.15, 0.2) is 24.3 Å². The van der Waals surface area contributed by atoms with Gasteiger partial charge in [-0.05, 0) is 30.5 Å². The van der Waals surface area contributed by atoms with Gasteiger partial charge < -0.3 is 11.1 Å². The molecule has 0 atom stereocenters. The van der Waals surface area contributed by atoms with E-state index in [1.165, 1.54) is 0 Å². The van der Waals surface area contributed by atoms with Gasteiger partial charge in [0.05, 0.1) is 12.2 Å². The van der Waals surface area contributed by atoms with Gasteiger partial charge in [-0.1, -0.05) is 18.9 Å². The van der Waals surface area contributed by atoms with Crippen molar-refractivity contribution in [3.63, 3.8) is 0 Å². The van der Waals surface area contributed by atoms with Crippen LogP contribution in [0.4, 0.5) is 5.82 Å². The molecule has 0 unspecified atom stereocenters. The van der Waals surface area contributed by atoms with E-state index >= 15 is 0 Å². The first-order valence-electron chi connectivity index (χ1n) is 6.64. The molecule has 0 saturated carbocycles. The molecule has 3 N–H and O–H groups in total. The lowest BCUT2D eigenvalue weighted by atomic mass is 10.3. The quantitative estimate of drug-likeness (QED) is 0.821. The Balaban J connectivity index is 2.17. The Bertz CT molecular complexity index is 708. The number of hydrogen-bond donors (Lipinski definition) is 2. The van der Waals surface area contributed by atoms with E-state index in [-0.39, 0.29) is 12.5 Å². The summed E-state index contributed by atoms with van der Waals surface area (Å²) in [6, 6.07) is 7.03. The maximum Gasteiger partial charge on any atom is 0.275 e. The molecule has 0 radical (unpaired) electrons. The van der Waals surface area contributed by atoms with Gasteiger partial charge in [0.25, 0.3) is 5.91 Å². The highest BCUT2D eigenvalue weighted by Gasteiger charge is 2.13. The number of nitrogens with zero attached hydrogens (tertiary/aromatic N) is 3. The zero-order chi connectivity index (χ0) is 15.2. The third kappa shape index (κ3) is 3.68. The molecule has 0 aliphatic carbocycles. The Kier molecular flexibility index (Phi) is 4.69. The zero-order valence-corrected chi connectivity index (χ0v) is 12.1. The lowest BCUT2D eigenvalue weighted by Crippen LogP contribution is -2.16. The minimum atomic E-state index is -0.249. The van der Waals surface area contributed by atoms with E-state index < -0.39 is 0 Å². The Morgan fingerprint density at radius 3 is 2.95 bits per heavy atom. The van der Waals surface area contributed by atoms with Crippen molar-refractivity contribution in [3.8, 4) is 11.8 Å². The molecule has 2 heterocycles. The maximum atomic E-state index is 12.2. The number of rotatable bonds is 3. The first-order valence-corrected chi connectivity index (χ1v) is 6.64. The molecule has 21 heavy (non-hydrogen) atoms. The molecule has 0 fully saturated rings. The summed E-state index contributed by atoms with van der Waals surface area (Å²) in [6.45, 7) is 2.26. The highest BCUT2D eigenvalue weighted by Crippen LogP contribution is 2.09. The van der Waals surface area contributed by atoms with Gasteiger partial charge in [-0.3, -0.25) is 9.48 Å². The van der Waals surface area contributed by atoms with Crippen molar-refractivity contribution >= 4 is 11.7 Å².